The molecule has 0 radical (unpaired) electrons. The van der Waals surface area contributed by atoms with Gasteiger partial charge in [0, 0.05) is 12.5 Å². The second-order valence-electron chi connectivity index (χ2n) is 8.69. The number of likely N-dealkylation sites (tertiary alicyclic amines) is 1. The Kier molecular flexibility index (Phi) is 7.77. The van der Waals surface area contributed by atoms with E-state index in [1.54, 1.807) is 11.8 Å². The van der Waals surface area contributed by atoms with E-state index in [0.717, 1.165) is 35.1 Å². The van der Waals surface area contributed by atoms with Crippen LogP contribution in [0.15, 0.2) is 48.5 Å². The van der Waals surface area contributed by atoms with Crippen molar-refractivity contribution in [3.63, 3.8) is 0 Å². The van der Waals surface area contributed by atoms with Crippen LogP contribution >= 0.6 is 11.8 Å². The smallest absolute Gasteiger partial charge is 0.407 e. The van der Waals surface area contributed by atoms with Gasteiger partial charge in [0.05, 0.1) is 0 Å². The second kappa shape index (κ2) is 11.0. The summed E-state index contributed by atoms with van der Waals surface area (Å²) in [5.74, 6) is -0.768. The number of benzene rings is 2. The number of carbonyl (C=O) groups is 3. The molecular formula is C26H30N2O5S. The van der Waals surface area contributed by atoms with Gasteiger partial charge in [-0.2, -0.15) is 11.8 Å². The highest BCUT2D eigenvalue weighted by Crippen LogP contribution is 2.44. The van der Waals surface area contributed by atoms with E-state index < -0.39 is 24.1 Å². The van der Waals surface area contributed by atoms with Gasteiger partial charge >= 0.3 is 12.1 Å². The fourth-order valence-corrected chi connectivity index (χ4v) is 5.40. The minimum absolute atomic E-state index is 0.0722. The summed E-state index contributed by atoms with van der Waals surface area (Å²) in [6.07, 6.45) is 3.64. The molecule has 0 saturated carbocycles. The summed E-state index contributed by atoms with van der Waals surface area (Å²) in [6, 6.07) is 14.5. The van der Waals surface area contributed by atoms with Gasteiger partial charge < -0.3 is 20.1 Å². The lowest BCUT2D eigenvalue weighted by molar-refractivity contribution is -0.152. The van der Waals surface area contributed by atoms with Gasteiger partial charge in [0.15, 0.2) is 0 Å². The monoisotopic (exact) mass is 482 g/mol. The van der Waals surface area contributed by atoms with Gasteiger partial charge in [0.25, 0.3) is 0 Å². The van der Waals surface area contributed by atoms with Crippen molar-refractivity contribution in [2.75, 3.05) is 25.2 Å². The summed E-state index contributed by atoms with van der Waals surface area (Å²) in [7, 11) is 0. The summed E-state index contributed by atoms with van der Waals surface area (Å²) < 4.78 is 5.62. The highest BCUT2D eigenvalue weighted by atomic mass is 32.2. The van der Waals surface area contributed by atoms with E-state index in [4.69, 9.17) is 4.74 Å². The molecular weight excluding hydrogens is 452 g/mol. The minimum atomic E-state index is -1.00. The summed E-state index contributed by atoms with van der Waals surface area (Å²) in [6.45, 7) is 0.544. The molecule has 8 heteroatoms. The Bertz CT molecular complexity index is 1010. The Labute approximate surface area is 203 Å². The third kappa shape index (κ3) is 5.06. The molecule has 0 spiro atoms. The standard InChI is InChI=1S/C26H30N2O5S/c1-34-15-13-22(24(29)28-14-7-6-12-23(28)25(30)31)27-26(32)33-16-21-19-10-4-2-8-17(19)18-9-3-5-11-20(18)21/h2-5,8-11,21-23H,6-7,12-16H2,1H3,(H,27,32)(H,30,31)/t22?,23-/m1/s1. The van der Waals surface area contributed by atoms with Crippen molar-refractivity contribution in [1.29, 1.82) is 0 Å². The van der Waals surface area contributed by atoms with Gasteiger partial charge in [-0.3, -0.25) is 4.79 Å². The van der Waals surface area contributed by atoms with Crippen LogP contribution in [0.1, 0.15) is 42.7 Å². The van der Waals surface area contributed by atoms with Gasteiger partial charge in [-0.1, -0.05) is 48.5 Å². The maximum atomic E-state index is 13.2. The molecule has 0 bridgehead atoms. The zero-order valence-electron chi connectivity index (χ0n) is 19.2. The highest BCUT2D eigenvalue weighted by Gasteiger charge is 2.36. The predicted octanol–water partition coefficient (Wildman–Crippen LogP) is 4.11. The molecule has 34 heavy (non-hydrogen) atoms. The number of fused-ring (bicyclic) bond motifs is 3. The molecule has 2 N–H and O–H groups in total. The quantitative estimate of drug-likeness (QED) is 0.588. The number of amides is 2. The van der Waals surface area contributed by atoms with Crippen molar-refractivity contribution in [2.45, 2.75) is 43.7 Å². The molecule has 2 aromatic carbocycles. The highest BCUT2D eigenvalue weighted by molar-refractivity contribution is 7.98. The molecule has 0 aromatic heterocycles. The average molecular weight is 483 g/mol. The van der Waals surface area contributed by atoms with E-state index in [9.17, 15) is 19.5 Å². The Hall–Kier alpha value is -3.00. The van der Waals surface area contributed by atoms with E-state index in [2.05, 4.69) is 29.6 Å². The number of nitrogens with one attached hydrogen (secondary N) is 1. The largest absolute Gasteiger partial charge is 0.480 e. The maximum Gasteiger partial charge on any atom is 0.407 e. The zero-order chi connectivity index (χ0) is 24.1. The molecule has 2 aliphatic rings. The zero-order valence-corrected chi connectivity index (χ0v) is 20.1. The van der Waals surface area contributed by atoms with Crippen molar-refractivity contribution in [3.8, 4) is 11.1 Å². The van der Waals surface area contributed by atoms with E-state index in [-0.39, 0.29) is 18.4 Å². The topological polar surface area (TPSA) is 95.9 Å². The number of rotatable bonds is 8. The molecule has 1 saturated heterocycles. The third-order valence-corrected chi connectivity index (χ3v) is 7.26. The van der Waals surface area contributed by atoms with Crippen LogP contribution in [0.25, 0.3) is 11.1 Å². The van der Waals surface area contributed by atoms with Crippen LogP contribution in [0, 0.1) is 0 Å². The number of aliphatic carboxylic acids is 1. The molecule has 1 unspecified atom stereocenters. The lowest BCUT2D eigenvalue weighted by Crippen LogP contribution is -2.55. The van der Waals surface area contributed by atoms with Crippen LogP contribution in [0.4, 0.5) is 4.79 Å². The predicted molar refractivity (Wildman–Crippen MR) is 132 cm³/mol. The van der Waals surface area contributed by atoms with Gasteiger partial charge in [0.2, 0.25) is 5.91 Å². The normalized spacial score (nSPS) is 18.0. The van der Waals surface area contributed by atoms with Crippen LogP contribution in [0.2, 0.25) is 0 Å². The minimum Gasteiger partial charge on any atom is -0.480 e. The Balaban J connectivity index is 1.44. The number of carboxylic acid groups (broad SMARTS) is 1. The maximum absolute atomic E-state index is 13.2. The van der Waals surface area contributed by atoms with E-state index in [0.29, 0.717) is 25.1 Å². The van der Waals surface area contributed by atoms with Crippen molar-refractivity contribution in [1.82, 2.24) is 10.2 Å². The third-order valence-electron chi connectivity index (χ3n) is 6.62. The van der Waals surface area contributed by atoms with Gasteiger partial charge in [-0.15, -0.1) is 0 Å². The molecule has 1 aliphatic heterocycles. The number of carboxylic acids is 1. The first-order valence-corrected chi connectivity index (χ1v) is 13.0. The van der Waals surface area contributed by atoms with Crippen molar-refractivity contribution in [3.05, 3.63) is 59.7 Å². The first kappa shape index (κ1) is 24.1. The number of hydrogen-bond acceptors (Lipinski definition) is 5. The molecule has 2 atom stereocenters. The Morgan fingerprint density at radius 2 is 1.74 bits per heavy atom. The van der Waals surface area contributed by atoms with E-state index in [1.165, 1.54) is 4.90 Å². The molecule has 1 fully saturated rings. The number of thioether (sulfide) groups is 1. The summed E-state index contributed by atoms with van der Waals surface area (Å²) in [5, 5.41) is 12.3. The van der Waals surface area contributed by atoms with Gasteiger partial charge in [-0.05, 0) is 59.9 Å². The molecule has 4 rings (SSSR count). The summed E-state index contributed by atoms with van der Waals surface area (Å²) >= 11 is 1.57. The number of hydrogen-bond donors (Lipinski definition) is 2. The van der Waals surface area contributed by atoms with Crippen LogP contribution in [0.3, 0.4) is 0 Å². The molecule has 1 aliphatic carbocycles. The first-order chi connectivity index (χ1) is 16.5. The summed E-state index contributed by atoms with van der Waals surface area (Å²) in [4.78, 5) is 39.1. The number of ether oxygens (including phenoxy) is 1. The van der Waals surface area contributed by atoms with Crippen LogP contribution < -0.4 is 5.32 Å². The second-order valence-corrected chi connectivity index (χ2v) is 9.67. The first-order valence-electron chi connectivity index (χ1n) is 11.6. The Morgan fingerprint density at radius 3 is 2.35 bits per heavy atom. The fourth-order valence-electron chi connectivity index (χ4n) is 4.93. The van der Waals surface area contributed by atoms with Crippen LogP contribution in [-0.4, -0.2) is 65.2 Å². The number of carbonyl (C=O) groups excluding carboxylic acids is 2. The van der Waals surface area contributed by atoms with E-state index in [1.807, 2.05) is 30.5 Å². The number of piperidine rings is 1. The molecule has 180 valence electrons. The lowest BCUT2D eigenvalue weighted by atomic mass is 9.98. The average Bonchev–Trinajstić information content (AvgIpc) is 3.18. The van der Waals surface area contributed by atoms with Crippen molar-refractivity contribution in [2.24, 2.45) is 0 Å². The number of nitrogens with zero attached hydrogens (tertiary/aromatic N) is 1. The van der Waals surface area contributed by atoms with Gasteiger partial charge in [0.1, 0.15) is 18.7 Å². The lowest BCUT2D eigenvalue weighted by Gasteiger charge is -2.35. The summed E-state index contributed by atoms with van der Waals surface area (Å²) in [5.41, 5.74) is 4.52. The molecule has 1 heterocycles. The van der Waals surface area contributed by atoms with Gasteiger partial charge in [-0.25, -0.2) is 9.59 Å². The molecule has 7 nitrogen and oxygen atoms in total. The Morgan fingerprint density at radius 1 is 1.09 bits per heavy atom. The van der Waals surface area contributed by atoms with Crippen molar-refractivity contribution < 1.29 is 24.2 Å². The van der Waals surface area contributed by atoms with Crippen LogP contribution in [-0.2, 0) is 14.3 Å². The molecule has 2 amide bonds. The van der Waals surface area contributed by atoms with E-state index >= 15 is 0 Å². The SMILES string of the molecule is CSCCC(NC(=O)OCC1c2ccccc2-c2ccccc21)C(=O)N1CCCC[C@@H]1C(=O)O. The fraction of sp³-hybridized carbons (Fsp3) is 0.423. The number of alkyl carbamates (subject to hydrolysis) is 1. The van der Waals surface area contributed by atoms with Crippen molar-refractivity contribution >= 4 is 29.7 Å². The molecule has 2 aromatic rings. The van der Waals surface area contributed by atoms with Crippen LogP contribution in [0.5, 0.6) is 0 Å².